The van der Waals surface area contributed by atoms with Gasteiger partial charge in [-0.05, 0) is 31.5 Å². The van der Waals surface area contributed by atoms with Crippen molar-refractivity contribution in [3.8, 4) is 0 Å². The fraction of sp³-hybridized carbons (Fsp3) is 0.176. The van der Waals surface area contributed by atoms with Gasteiger partial charge in [-0.2, -0.15) is 0 Å². The van der Waals surface area contributed by atoms with Crippen LogP contribution in [-0.4, -0.2) is 18.7 Å². The van der Waals surface area contributed by atoms with Gasteiger partial charge in [0.15, 0.2) is 0 Å². The van der Waals surface area contributed by atoms with Crippen molar-refractivity contribution in [2.45, 2.75) is 13.8 Å². The van der Waals surface area contributed by atoms with E-state index in [-0.39, 0.29) is 0 Å². The highest BCUT2D eigenvalue weighted by molar-refractivity contribution is 6.47. The molecule has 3 heteroatoms. The van der Waals surface area contributed by atoms with Crippen LogP contribution in [-0.2, 0) is 4.79 Å². The lowest BCUT2D eigenvalue weighted by molar-refractivity contribution is -0.114. The highest BCUT2D eigenvalue weighted by Crippen LogP contribution is 2.16. The number of nitrogens with zero attached hydrogens (tertiary/aromatic N) is 1. The van der Waals surface area contributed by atoms with Crippen LogP contribution in [0.5, 0.6) is 0 Å². The largest absolute Gasteiger partial charge is 0.309 e. The van der Waals surface area contributed by atoms with E-state index >= 15 is 0 Å². The van der Waals surface area contributed by atoms with Crippen molar-refractivity contribution in [1.82, 2.24) is 0 Å². The van der Waals surface area contributed by atoms with Crippen LogP contribution in [0.25, 0.3) is 0 Å². The van der Waals surface area contributed by atoms with E-state index < -0.39 is 11.7 Å². The highest BCUT2D eigenvalue weighted by Gasteiger charge is 2.22. The molecule has 0 bridgehead atoms. The SMILES string of the molecule is Cc1ccc(C(=O)C(=O)N(C)c2ccccc2)c(C)c1. The number of para-hydroxylation sites is 1. The maximum absolute atomic E-state index is 12.3. The maximum atomic E-state index is 12.3. The summed E-state index contributed by atoms with van der Waals surface area (Å²) in [5.74, 6) is -1.00. The summed E-state index contributed by atoms with van der Waals surface area (Å²) in [5.41, 5.74) is 3.06. The number of amides is 1. The first-order chi connectivity index (χ1) is 9.50. The van der Waals surface area contributed by atoms with Gasteiger partial charge in [-0.3, -0.25) is 9.59 Å². The summed E-state index contributed by atoms with van der Waals surface area (Å²) in [4.78, 5) is 25.9. The van der Waals surface area contributed by atoms with Gasteiger partial charge < -0.3 is 4.90 Å². The molecule has 0 aliphatic carbocycles. The Labute approximate surface area is 118 Å². The zero-order valence-corrected chi connectivity index (χ0v) is 11.9. The Bertz CT molecular complexity index is 647. The van der Waals surface area contributed by atoms with Gasteiger partial charge in [0.25, 0.3) is 11.7 Å². The predicted octanol–water partition coefficient (Wildman–Crippen LogP) is 3.15. The molecule has 0 aliphatic heterocycles. The number of benzene rings is 2. The summed E-state index contributed by atoms with van der Waals surface area (Å²) in [7, 11) is 1.61. The number of hydrogen-bond donors (Lipinski definition) is 0. The number of carbonyl (C=O) groups is 2. The molecule has 1 amide bonds. The molecule has 0 saturated carbocycles. The van der Waals surface area contributed by atoms with E-state index in [1.165, 1.54) is 4.90 Å². The number of likely N-dealkylation sites (N-methyl/N-ethyl adjacent to an activating group) is 1. The van der Waals surface area contributed by atoms with E-state index in [2.05, 4.69) is 0 Å². The maximum Gasteiger partial charge on any atom is 0.299 e. The second-order valence-electron chi connectivity index (χ2n) is 4.85. The van der Waals surface area contributed by atoms with Crippen LogP contribution in [0.1, 0.15) is 21.5 Å². The Kier molecular flexibility index (Phi) is 3.99. The number of carbonyl (C=O) groups excluding carboxylic acids is 2. The smallest absolute Gasteiger partial charge is 0.299 e. The zero-order valence-electron chi connectivity index (χ0n) is 11.9. The quantitative estimate of drug-likeness (QED) is 0.633. The molecular formula is C17H17NO2. The first kappa shape index (κ1) is 14.0. The number of rotatable bonds is 3. The first-order valence-electron chi connectivity index (χ1n) is 6.45. The number of ketones is 1. The summed E-state index contributed by atoms with van der Waals surface area (Å²) in [5, 5.41) is 0. The lowest BCUT2D eigenvalue weighted by Gasteiger charge is -2.17. The van der Waals surface area contributed by atoms with Crippen LogP contribution >= 0.6 is 0 Å². The molecule has 2 aromatic carbocycles. The van der Waals surface area contributed by atoms with E-state index in [9.17, 15) is 9.59 Å². The van der Waals surface area contributed by atoms with Crippen molar-refractivity contribution >= 4 is 17.4 Å². The molecule has 3 nitrogen and oxygen atoms in total. The van der Waals surface area contributed by atoms with Crippen molar-refractivity contribution in [3.63, 3.8) is 0 Å². The van der Waals surface area contributed by atoms with Gasteiger partial charge in [0, 0.05) is 18.3 Å². The molecule has 0 unspecified atom stereocenters. The molecule has 2 aromatic rings. The van der Waals surface area contributed by atoms with Gasteiger partial charge in [0.05, 0.1) is 0 Å². The van der Waals surface area contributed by atoms with Gasteiger partial charge in [0.1, 0.15) is 0 Å². The number of Topliss-reactive ketones (excluding diaryl/α,β-unsaturated/α-hetero) is 1. The summed E-state index contributed by atoms with van der Waals surface area (Å²) in [6.45, 7) is 3.80. The third kappa shape index (κ3) is 2.77. The Morgan fingerprint density at radius 3 is 2.20 bits per heavy atom. The minimum Gasteiger partial charge on any atom is -0.309 e. The predicted molar refractivity (Wildman–Crippen MR) is 80.1 cm³/mol. The molecule has 0 N–H and O–H groups in total. The van der Waals surface area contributed by atoms with Gasteiger partial charge in [-0.15, -0.1) is 0 Å². The monoisotopic (exact) mass is 267 g/mol. The molecule has 0 spiro atoms. The van der Waals surface area contributed by atoms with Crippen LogP contribution in [0.15, 0.2) is 48.5 Å². The number of hydrogen-bond acceptors (Lipinski definition) is 2. The third-order valence-electron chi connectivity index (χ3n) is 3.27. The normalized spacial score (nSPS) is 10.2. The van der Waals surface area contributed by atoms with Crippen molar-refractivity contribution in [2.75, 3.05) is 11.9 Å². The van der Waals surface area contributed by atoms with Gasteiger partial charge in [-0.25, -0.2) is 0 Å². The second kappa shape index (κ2) is 5.70. The molecule has 0 aliphatic rings. The fourth-order valence-electron chi connectivity index (χ4n) is 2.10. The number of aryl methyl sites for hydroxylation is 2. The minimum absolute atomic E-state index is 0.461. The third-order valence-corrected chi connectivity index (χ3v) is 3.27. The van der Waals surface area contributed by atoms with Crippen molar-refractivity contribution in [3.05, 3.63) is 65.2 Å². The molecule has 0 atom stereocenters. The van der Waals surface area contributed by atoms with Crippen LogP contribution in [0.2, 0.25) is 0 Å². The molecule has 0 radical (unpaired) electrons. The summed E-state index contributed by atoms with van der Waals surface area (Å²) < 4.78 is 0. The van der Waals surface area contributed by atoms with Gasteiger partial charge in [-0.1, -0.05) is 42.0 Å². The number of anilines is 1. The summed E-state index contributed by atoms with van der Waals surface area (Å²) in [6, 6.07) is 14.6. The Morgan fingerprint density at radius 2 is 1.60 bits per heavy atom. The van der Waals surface area contributed by atoms with E-state index in [0.717, 1.165) is 11.1 Å². The highest BCUT2D eigenvalue weighted by atomic mass is 16.2. The minimum atomic E-state index is -0.525. The van der Waals surface area contributed by atoms with Crippen LogP contribution in [0.3, 0.4) is 0 Å². The molecule has 20 heavy (non-hydrogen) atoms. The average molecular weight is 267 g/mol. The Morgan fingerprint density at radius 1 is 0.950 bits per heavy atom. The molecule has 0 aromatic heterocycles. The van der Waals surface area contributed by atoms with E-state index in [4.69, 9.17) is 0 Å². The van der Waals surface area contributed by atoms with Crippen LogP contribution in [0.4, 0.5) is 5.69 Å². The molecule has 2 rings (SSSR count). The Balaban J connectivity index is 2.27. The standard InChI is InChI=1S/C17H17NO2/c1-12-9-10-15(13(2)11-12)16(19)17(20)18(3)14-7-5-4-6-8-14/h4-11H,1-3H3. The van der Waals surface area contributed by atoms with Crippen LogP contribution < -0.4 is 4.90 Å². The van der Waals surface area contributed by atoms with E-state index in [1.807, 2.05) is 44.2 Å². The van der Waals surface area contributed by atoms with Crippen LogP contribution in [0, 0.1) is 13.8 Å². The Hall–Kier alpha value is -2.42. The van der Waals surface area contributed by atoms with Crippen molar-refractivity contribution in [2.24, 2.45) is 0 Å². The van der Waals surface area contributed by atoms with Crippen molar-refractivity contribution < 1.29 is 9.59 Å². The van der Waals surface area contributed by atoms with Crippen molar-refractivity contribution in [1.29, 1.82) is 0 Å². The molecule has 0 heterocycles. The second-order valence-corrected chi connectivity index (χ2v) is 4.85. The van der Waals surface area contributed by atoms with E-state index in [1.54, 1.807) is 25.2 Å². The average Bonchev–Trinajstić information content (AvgIpc) is 2.46. The molecular weight excluding hydrogens is 250 g/mol. The topological polar surface area (TPSA) is 37.4 Å². The summed E-state index contributed by atoms with van der Waals surface area (Å²) >= 11 is 0. The van der Waals surface area contributed by atoms with E-state index in [0.29, 0.717) is 11.3 Å². The fourth-order valence-corrected chi connectivity index (χ4v) is 2.10. The lowest BCUT2D eigenvalue weighted by Crippen LogP contribution is -2.33. The first-order valence-corrected chi connectivity index (χ1v) is 6.45. The lowest BCUT2D eigenvalue weighted by atomic mass is 10.0. The summed E-state index contributed by atoms with van der Waals surface area (Å²) in [6.07, 6.45) is 0. The zero-order chi connectivity index (χ0) is 14.7. The van der Waals surface area contributed by atoms with Gasteiger partial charge in [0.2, 0.25) is 0 Å². The molecule has 102 valence electrons. The molecule has 0 saturated heterocycles. The molecule has 0 fully saturated rings. The van der Waals surface area contributed by atoms with Gasteiger partial charge >= 0.3 is 0 Å².